The molecule has 2 aromatic carbocycles. The highest BCUT2D eigenvalue weighted by molar-refractivity contribution is 6.31. The van der Waals surface area contributed by atoms with Crippen molar-refractivity contribution in [2.45, 2.75) is 13.8 Å². The van der Waals surface area contributed by atoms with E-state index in [0.717, 1.165) is 44.0 Å². The van der Waals surface area contributed by atoms with E-state index >= 15 is 0 Å². The van der Waals surface area contributed by atoms with E-state index in [1.54, 1.807) is 12.1 Å². The molecular formula is C21H25ClN2O3. The first-order valence-corrected chi connectivity index (χ1v) is 9.52. The molecule has 0 atom stereocenters. The zero-order valence-corrected chi connectivity index (χ0v) is 16.5. The summed E-state index contributed by atoms with van der Waals surface area (Å²) in [5.41, 5.74) is 3.07. The Hall–Kier alpha value is -2.08. The summed E-state index contributed by atoms with van der Waals surface area (Å²) in [6, 6.07) is 11.1. The second-order valence-corrected chi connectivity index (χ2v) is 7.08. The summed E-state index contributed by atoms with van der Waals surface area (Å²) in [7, 11) is 0. The molecule has 1 heterocycles. The van der Waals surface area contributed by atoms with Gasteiger partial charge in [-0.1, -0.05) is 23.7 Å². The second kappa shape index (κ2) is 9.22. The lowest BCUT2D eigenvalue weighted by Crippen LogP contribution is -2.38. The predicted octanol–water partition coefficient (Wildman–Crippen LogP) is 3.92. The average Bonchev–Trinajstić information content (AvgIpc) is 2.65. The Bertz CT molecular complexity index is 804. The van der Waals surface area contributed by atoms with Crippen molar-refractivity contribution >= 4 is 23.2 Å². The van der Waals surface area contributed by atoms with Crippen LogP contribution in [0.1, 0.15) is 21.5 Å². The average molecular weight is 389 g/mol. The number of hydrogen-bond donors (Lipinski definition) is 1. The lowest BCUT2D eigenvalue weighted by Gasteiger charge is -2.26. The standard InChI is InChI=1S/C21H25ClN2O3/c1-15-4-3-5-19(27-13-10-24-8-11-26-12-9-24)20(15)21(25)23-17-6-7-18(22)16(2)14-17/h3-7,14H,8-13H2,1-2H3,(H,23,25). The Kier molecular flexibility index (Phi) is 6.72. The summed E-state index contributed by atoms with van der Waals surface area (Å²) in [5, 5.41) is 3.62. The first kappa shape index (κ1) is 19.7. The molecule has 1 amide bonds. The number of carbonyl (C=O) groups is 1. The van der Waals surface area contributed by atoms with E-state index in [-0.39, 0.29) is 5.91 Å². The fraction of sp³-hybridized carbons (Fsp3) is 0.381. The number of nitrogens with zero attached hydrogens (tertiary/aromatic N) is 1. The van der Waals surface area contributed by atoms with Gasteiger partial charge in [0.1, 0.15) is 12.4 Å². The third-order valence-electron chi connectivity index (χ3n) is 4.65. The molecule has 144 valence electrons. The molecule has 27 heavy (non-hydrogen) atoms. The van der Waals surface area contributed by atoms with Crippen LogP contribution in [-0.4, -0.2) is 50.3 Å². The third-order valence-corrected chi connectivity index (χ3v) is 5.07. The van der Waals surface area contributed by atoms with Crippen molar-refractivity contribution in [3.8, 4) is 5.75 Å². The largest absolute Gasteiger partial charge is 0.491 e. The number of halogens is 1. The fourth-order valence-corrected chi connectivity index (χ4v) is 3.20. The van der Waals surface area contributed by atoms with Gasteiger partial charge < -0.3 is 14.8 Å². The maximum absolute atomic E-state index is 12.9. The van der Waals surface area contributed by atoms with Crippen LogP contribution in [-0.2, 0) is 4.74 Å². The van der Waals surface area contributed by atoms with Crippen LogP contribution in [0.2, 0.25) is 5.02 Å². The van der Waals surface area contributed by atoms with Crippen molar-refractivity contribution in [3.05, 3.63) is 58.1 Å². The van der Waals surface area contributed by atoms with Gasteiger partial charge in [0.25, 0.3) is 5.91 Å². The topological polar surface area (TPSA) is 50.8 Å². The maximum atomic E-state index is 12.9. The zero-order valence-electron chi connectivity index (χ0n) is 15.8. The first-order valence-electron chi connectivity index (χ1n) is 9.14. The van der Waals surface area contributed by atoms with E-state index in [2.05, 4.69) is 10.2 Å². The second-order valence-electron chi connectivity index (χ2n) is 6.67. The highest BCUT2D eigenvalue weighted by atomic mass is 35.5. The maximum Gasteiger partial charge on any atom is 0.259 e. The molecule has 1 fully saturated rings. The number of benzene rings is 2. The molecule has 1 aliphatic heterocycles. The van der Waals surface area contributed by atoms with Crippen LogP contribution in [0, 0.1) is 13.8 Å². The summed E-state index contributed by atoms with van der Waals surface area (Å²) < 4.78 is 11.3. The SMILES string of the molecule is Cc1cc(NC(=O)c2c(C)cccc2OCCN2CCOCC2)ccc1Cl. The highest BCUT2D eigenvalue weighted by Crippen LogP contribution is 2.25. The van der Waals surface area contributed by atoms with Gasteiger partial charge in [0.05, 0.1) is 18.8 Å². The molecule has 6 heteroatoms. The molecule has 1 aliphatic rings. The smallest absolute Gasteiger partial charge is 0.259 e. The van der Waals surface area contributed by atoms with Gasteiger partial charge in [-0.2, -0.15) is 0 Å². The number of amides is 1. The highest BCUT2D eigenvalue weighted by Gasteiger charge is 2.17. The van der Waals surface area contributed by atoms with Crippen LogP contribution < -0.4 is 10.1 Å². The lowest BCUT2D eigenvalue weighted by atomic mass is 10.1. The van der Waals surface area contributed by atoms with E-state index in [1.807, 2.05) is 38.1 Å². The van der Waals surface area contributed by atoms with Crippen LogP contribution in [0.3, 0.4) is 0 Å². The Morgan fingerprint density at radius 1 is 1.19 bits per heavy atom. The molecule has 0 radical (unpaired) electrons. The molecular weight excluding hydrogens is 364 g/mol. The molecule has 0 saturated carbocycles. The van der Waals surface area contributed by atoms with Gasteiger partial charge in [-0.15, -0.1) is 0 Å². The van der Waals surface area contributed by atoms with Crippen LogP contribution in [0.25, 0.3) is 0 Å². The van der Waals surface area contributed by atoms with Gasteiger partial charge in [0.15, 0.2) is 0 Å². The van der Waals surface area contributed by atoms with Gasteiger partial charge in [-0.05, 0) is 49.2 Å². The summed E-state index contributed by atoms with van der Waals surface area (Å²) in [6.45, 7) is 8.53. The first-order chi connectivity index (χ1) is 13.0. The number of morpholine rings is 1. The number of carbonyl (C=O) groups excluding carboxylic acids is 1. The Labute approximate surface area is 165 Å². The van der Waals surface area contributed by atoms with Crippen molar-refractivity contribution in [1.82, 2.24) is 4.90 Å². The van der Waals surface area contributed by atoms with Gasteiger partial charge in [0.2, 0.25) is 0 Å². The van der Waals surface area contributed by atoms with Gasteiger partial charge in [-0.3, -0.25) is 9.69 Å². The zero-order chi connectivity index (χ0) is 19.2. The van der Waals surface area contributed by atoms with E-state index in [9.17, 15) is 4.79 Å². The van der Waals surface area contributed by atoms with Crippen molar-refractivity contribution in [1.29, 1.82) is 0 Å². The number of rotatable bonds is 6. The Morgan fingerprint density at radius 2 is 1.96 bits per heavy atom. The third kappa shape index (κ3) is 5.22. The summed E-state index contributed by atoms with van der Waals surface area (Å²) in [6.07, 6.45) is 0. The van der Waals surface area contributed by atoms with Gasteiger partial charge in [0, 0.05) is 30.3 Å². The number of nitrogens with one attached hydrogen (secondary N) is 1. The minimum atomic E-state index is -0.184. The van der Waals surface area contributed by atoms with Gasteiger partial charge >= 0.3 is 0 Å². The fourth-order valence-electron chi connectivity index (χ4n) is 3.08. The normalized spacial score (nSPS) is 14.8. The molecule has 1 N–H and O–H groups in total. The van der Waals surface area contributed by atoms with E-state index in [4.69, 9.17) is 21.1 Å². The van der Waals surface area contributed by atoms with Crippen molar-refractivity contribution in [2.75, 3.05) is 44.8 Å². The van der Waals surface area contributed by atoms with Crippen LogP contribution >= 0.6 is 11.6 Å². The molecule has 0 unspecified atom stereocenters. The molecule has 0 aliphatic carbocycles. The molecule has 2 aromatic rings. The van der Waals surface area contributed by atoms with E-state index in [1.165, 1.54) is 0 Å². The van der Waals surface area contributed by atoms with Crippen molar-refractivity contribution in [3.63, 3.8) is 0 Å². The quantitative estimate of drug-likeness (QED) is 0.814. The van der Waals surface area contributed by atoms with E-state index in [0.29, 0.717) is 28.6 Å². The number of anilines is 1. The van der Waals surface area contributed by atoms with Crippen molar-refractivity contribution < 1.29 is 14.3 Å². The predicted molar refractivity (Wildman–Crippen MR) is 108 cm³/mol. The molecule has 3 rings (SSSR count). The monoisotopic (exact) mass is 388 g/mol. The van der Waals surface area contributed by atoms with E-state index < -0.39 is 0 Å². The Morgan fingerprint density at radius 3 is 2.70 bits per heavy atom. The van der Waals surface area contributed by atoms with Crippen LogP contribution in [0.5, 0.6) is 5.75 Å². The number of ether oxygens (including phenoxy) is 2. The van der Waals surface area contributed by atoms with Crippen LogP contribution in [0.15, 0.2) is 36.4 Å². The molecule has 0 spiro atoms. The Balaban J connectivity index is 1.68. The molecule has 5 nitrogen and oxygen atoms in total. The minimum absolute atomic E-state index is 0.184. The molecule has 0 bridgehead atoms. The molecule has 0 aromatic heterocycles. The number of hydrogen-bond acceptors (Lipinski definition) is 4. The summed E-state index contributed by atoms with van der Waals surface area (Å²) in [4.78, 5) is 15.2. The lowest BCUT2D eigenvalue weighted by molar-refractivity contribution is 0.0322. The van der Waals surface area contributed by atoms with Gasteiger partial charge in [-0.25, -0.2) is 0 Å². The van der Waals surface area contributed by atoms with Crippen molar-refractivity contribution in [2.24, 2.45) is 0 Å². The molecule has 1 saturated heterocycles. The van der Waals surface area contributed by atoms with Crippen LogP contribution in [0.4, 0.5) is 5.69 Å². The summed E-state index contributed by atoms with van der Waals surface area (Å²) >= 11 is 6.06. The summed E-state index contributed by atoms with van der Waals surface area (Å²) in [5.74, 6) is 0.419. The number of aryl methyl sites for hydroxylation is 2. The minimum Gasteiger partial charge on any atom is -0.491 e.